The van der Waals surface area contributed by atoms with E-state index in [-0.39, 0.29) is 0 Å². The summed E-state index contributed by atoms with van der Waals surface area (Å²) in [5, 5.41) is 0.679. The molecule has 1 heterocycles. The molecule has 0 radical (unpaired) electrons. The van der Waals surface area contributed by atoms with E-state index in [0.29, 0.717) is 5.02 Å². The zero-order chi connectivity index (χ0) is 14.3. The number of rotatable bonds is 2. The van der Waals surface area contributed by atoms with Crippen molar-refractivity contribution < 1.29 is 4.74 Å². The van der Waals surface area contributed by atoms with Crippen LogP contribution in [0.3, 0.4) is 0 Å². The first-order valence-corrected chi connectivity index (χ1v) is 7.23. The van der Waals surface area contributed by atoms with Crippen LogP contribution >= 0.6 is 27.5 Å². The molecule has 20 heavy (non-hydrogen) atoms. The first-order valence-electron chi connectivity index (χ1n) is 6.06. The fraction of sp³-hybridized carbons (Fsp3) is 0.133. The number of ether oxygens (including phenoxy) is 1. The van der Waals surface area contributed by atoms with Crippen molar-refractivity contribution in [3.8, 4) is 17.1 Å². The van der Waals surface area contributed by atoms with Gasteiger partial charge in [-0.3, -0.25) is 0 Å². The lowest BCUT2D eigenvalue weighted by Gasteiger charge is -2.05. The Morgan fingerprint density at radius 2 is 2.00 bits per heavy atom. The van der Waals surface area contributed by atoms with E-state index < -0.39 is 0 Å². The van der Waals surface area contributed by atoms with Crippen molar-refractivity contribution in [2.45, 2.75) is 0 Å². The predicted octanol–water partition coefficient (Wildman–Crippen LogP) is 4.66. The number of halogens is 2. The van der Waals surface area contributed by atoms with Gasteiger partial charge in [0, 0.05) is 23.2 Å². The molecular weight excluding hydrogens is 340 g/mol. The minimum Gasteiger partial charge on any atom is -0.497 e. The second-order valence-electron chi connectivity index (χ2n) is 4.47. The Hall–Kier alpha value is -1.52. The maximum atomic E-state index is 6.29. The highest BCUT2D eigenvalue weighted by atomic mass is 79.9. The molecule has 0 aliphatic rings. The normalized spacial score (nSPS) is 11.0. The molecule has 0 amide bonds. The molecule has 0 fully saturated rings. The van der Waals surface area contributed by atoms with E-state index in [1.54, 1.807) is 7.11 Å². The number of hydrogen-bond donors (Lipinski definition) is 0. The van der Waals surface area contributed by atoms with Crippen LogP contribution in [0.2, 0.25) is 5.02 Å². The van der Waals surface area contributed by atoms with Crippen LogP contribution in [-0.4, -0.2) is 16.7 Å². The maximum absolute atomic E-state index is 6.29. The third-order valence-corrected chi connectivity index (χ3v) is 4.08. The zero-order valence-corrected chi connectivity index (χ0v) is 13.4. The van der Waals surface area contributed by atoms with Gasteiger partial charge < -0.3 is 9.30 Å². The molecule has 3 rings (SSSR count). The summed E-state index contributed by atoms with van der Waals surface area (Å²) < 4.78 is 8.24. The lowest BCUT2D eigenvalue weighted by molar-refractivity contribution is 0.415. The number of benzene rings is 2. The average molecular weight is 352 g/mol. The molecule has 0 saturated carbocycles. The van der Waals surface area contributed by atoms with Crippen LogP contribution < -0.4 is 4.74 Å². The number of imidazole rings is 1. The van der Waals surface area contributed by atoms with Crippen molar-refractivity contribution >= 4 is 38.6 Å². The van der Waals surface area contributed by atoms with E-state index in [9.17, 15) is 0 Å². The van der Waals surface area contributed by atoms with Gasteiger partial charge in [0.2, 0.25) is 0 Å². The quantitative estimate of drug-likeness (QED) is 0.671. The zero-order valence-electron chi connectivity index (χ0n) is 11.0. The number of methoxy groups -OCH3 is 1. The summed E-state index contributed by atoms with van der Waals surface area (Å²) in [6, 6.07) is 11.6. The first-order chi connectivity index (χ1) is 9.60. The highest BCUT2D eigenvalue weighted by Gasteiger charge is 2.13. The largest absolute Gasteiger partial charge is 0.497 e. The summed E-state index contributed by atoms with van der Waals surface area (Å²) in [5.41, 5.74) is 2.83. The van der Waals surface area contributed by atoms with Gasteiger partial charge in [0.1, 0.15) is 11.6 Å². The Balaban J connectivity index is 2.26. The Bertz CT molecular complexity index is 798. The molecule has 0 unspecified atom stereocenters. The van der Waals surface area contributed by atoms with Crippen molar-refractivity contribution in [1.82, 2.24) is 9.55 Å². The van der Waals surface area contributed by atoms with Gasteiger partial charge in [-0.1, -0.05) is 27.5 Å². The molecule has 102 valence electrons. The number of fused-ring (bicyclic) bond motifs is 1. The van der Waals surface area contributed by atoms with Gasteiger partial charge in [-0.25, -0.2) is 4.98 Å². The van der Waals surface area contributed by atoms with E-state index in [2.05, 4.69) is 20.9 Å². The van der Waals surface area contributed by atoms with Crippen LogP contribution in [0.15, 0.2) is 40.9 Å². The van der Waals surface area contributed by atoms with Crippen LogP contribution in [-0.2, 0) is 7.05 Å². The highest BCUT2D eigenvalue weighted by molar-refractivity contribution is 9.10. The summed E-state index contributed by atoms with van der Waals surface area (Å²) in [7, 11) is 3.63. The van der Waals surface area contributed by atoms with Gasteiger partial charge in [-0.2, -0.15) is 0 Å². The fourth-order valence-corrected chi connectivity index (χ4v) is 2.78. The Kier molecular flexibility index (Phi) is 3.44. The van der Waals surface area contributed by atoms with Crippen molar-refractivity contribution in [3.05, 3.63) is 45.9 Å². The minimum atomic E-state index is 0.679. The summed E-state index contributed by atoms with van der Waals surface area (Å²) in [5.74, 6) is 1.63. The van der Waals surface area contributed by atoms with Crippen LogP contribution in [0.5, 0.6) is 5.75 Å². The molecule has 3 nitrogen and oxygen atoms in total. The molecule has 0 aliphatic heterocycles. The summed E-state index contributed by atoms with van der Waals surface area (Å²) in [6.45, 7) is 0. The van der Waals surface area contributed by atoms with E-state index >= 15 is 0 Å². The van der Waals surface area contributed by atoms with E-state index in [1.165, 1.54) is 0 Å². The second kappa shape index (κ2) is 5.11. The van der Waals surface area contributed by atoms with E-state index in [0.717, 1.165) is 32.6 Å². The molecule has 0 N–H and O–H groups in total. The van der Waals surface area contributed by atoms with Crippen molar-refractivity contribution in [2.75, 3.05) is 7.11 Å². The molecule has 5 heteroatoms. The molecule has 3 aromatic rings. The molecule has 0 atom stereocenters. The van der Waals surface area contributed by atoms with Crippen LogP contribution in [0.25, 0.3) is 22.4 Å². The van der Waals surface area contributed by atoms with Crippen molar-refractivity contribution in [3.63, 3.8) is 0 Å². The van der Waals surface area contributed by atoms with Crippen molar-refractivity contribution in [1.29, 1.82) is 0 Å². The first kappa shape index (κ1) is 13.5. The van der Waals surface area contributed by atoms with Gasteiger partial charge in [0.15, 0.2) is 0 Å². The van der Waals surface area contributed by atoms with Gasteiger partial charge >= 0.3 is 0 Å². The smallest absolute Gasteiger partial charge is 0.142 e. The Morgan fingerprint density at radius 3 is 2.75 bits per heavy atom. The Labute approximate surface area is 130 Å². The predicted molar refractivity (Wildman–Crippen MR) is 85.4 cm³/mol. The lowest BCUT2D eigenvalue weighted by atomic mass is 10.2. The standard InChI is InChI=1S/C15H12BrClN2O/c1-19-14-6-4-10(20-2)8-13(14)18-15(19)11-7-9(16)3-5-12(11)17/h3-8H,1-2H3. The molecule has 0 saturated heterocycles. The van der Waals surface area contributed by atoms with Crippen LogP contribution in [0, 0.1) is 0 Å². The van der Waals surface area contributed by atoms with Gasteiger partial charge in [-0.15, -0.1) is 0 Å². The van der Waals surface area contributed by atoms with Crippen molar-refractivity contribution in [2.24, 2.45) is 7.05 Å². The maximum Gasteiger partial charge on any atom is 0.142 e. The Morgan fingerprint density at radius 1 is 1.20 bits per heavy atom. The molecule has 2 aromatic carbocycles. The topological polar surface area (TPSA) is 27.1 Å². The van der Waals surface area contributed by atoms with Gasteiger partial charge in [0.05, 0.1) is 23.2 Å². The summed E-state index contributed by atoms with van der Waals surface area (Å²) in [6.07, 6.45) is 0. The molecule has 0 spiro atoms. The van der Waals surface area contributed by atoms with Crippen LogP contribution in [0.4, 0.5) is 0 Å². The third kappa shape index (κ3) is 2.19. The van der Waals surface area contributed by atoms with Gasteiger partial charge in [0.25, 0.3) is 0 Å². The number of aryl methyl sites for hydroxylation is 1. The number of hydrogen-bond acceptors (Lipinski definition) is 2. The highest BCUT2D eigenvalue weighted by Crippen LogP contribution is 2.32. The number of nitrogens with zero attached hydrogens (tertiary/aromatic N) is 2. The van der Waals surface area contributed by atoms with E-state index in [4.69, 9.17) is 16.3 Å². The minimum absolute atomic E-state index is 0.679. The molecule has 0 bridgehead atoms. The second-order valence-corrected chi connectivity index (χ2v) is 5.80. The molecule has 0 aliphatic carbocycles. The molecular formula is C15H12BrClN2O. The number of aromatic nitrogens is 2. The monoisotopic (exact) mass is 350 g/mol. The van der Waals surface area contributed by atoms with Gasteiger partial charge in [-0.05, 0) is 30.3 Å². The SMILES string of the molecule is COc1ccc2c(c1)nc(-c1cc(Br)ccc1Cl)n2C. The fourth-order valence-electron chi connectivity index (χ4n) is 2.22. The average Bonchev–Trinajstić information content (AvgIpc) is 2.78. The van der Waals surface area contributed by atoms with Crippen LogP contribution in [0.1, 0.15) is 0 Å². The summed E-state index contributed by atoms with van der Waals surface area (Å²) in [4.78, 5) is 4.67. The molecule has 1 aromatic heterocycles. The lowest BCUT2D eigenvalue weighted by Crippen LogP contribution is -1.93. The summed E-state index contributed by atoms with van der Waals surface area (Å²) >= 11 is 9.76. The third-order valence-electron chi connectivity index (χ3n) is 3.26. The van der Waals surface area contributed by atoms with E-state index in [1.807, 2.05) is 48.0 Å².